The van der Waals surface area contributed by atoms with Crippen LogP contribution >= 0.6 is 0 Å². The summed E-state index contributed by atoms with van der Waals surface area (Å²) in [4.78, 5) is 20.9. The molecule has 7 nitrogen and oxygen atoms in total. The van der Waals surface area contributed by atoms with Crippen LogP contribution < -0.4 is 5.32 Å². The van der Waals surface area contributed by atoms with E-state index in [1.165, 1.54) is 0 Å². The quantitative estimate of drug-likeness (QED) is 0.619. The van der Waals surface area contributed by atoms with Gasteiger partial charge in [-0.2, -0.15) is 0 Å². The first-order valence-corrected chi connectivity index (χ1v) is 6.26. The predicted octanol–water partition coefficient (Wildman–Crippen LogP) is 1.43. The van der Waals surface area contributed by atoms with Crippen LogP contribution in [0.2, 0.25) is 0 Å². The summed E-state index contributed by atoms with van der Waals surface area (Å²) in [5, 5.41) is 20.2. The summed E-state index contributed by atoms with van der Waals surface area (Å²) in [6, 6.07) is 0. The zero-order chi connectivity index (χ0) is 15.1. The number of nitrogens with one attached hydrogen (secondary N) is 1. The first-order chi connectivity index (χ1) is 9.40. The molecule has 1 heterocycles. The van der Waals surface area contributed by atoms with Crippen molar-refractivity contribution in [1.29, 1.82) is 0 Å². The van der Waals surface area contributed by atoms with Gasteiger partial charge in [0.15, 0.2) is 0 Å². The Morgan fingerprint density at radius 1 is 1.00 bits per heavy atom. The molecule has 0 radical (unpaired) electrons. The summed E-state index contributed by atoms with van der Waals surface area (Å²) < 4.78 is 10.8. The minimum absolute atomic E-state index is 0.0747. The number of hydrogen-bond acceptors (Lipinski definition) is 5. The van der Waals surface area contributed by atoms with E-state index in [0.29, 0.717) is 17.9 Å². The van der Waals surface area contributed by atoms with Crippen LogP contribution in [0.5, 0.6) is 0 Å². The zero-order valence-electron chi connectivity index (χ0n) is 11.6. The van der Waals surface area contributed by atoms with Gasteiger partial charge >= 0.3 is 11.9 Å². The van der Waals surface area contributed by atoms with E-state index in [-0.39, 0.29) is 26.1 Å². The van der Waals surface area contributed by atoms with Crippen molar-refractivity contribution >= 4 is 11.9 Å². The molecule has 0 aromatic heterocycles. The summed E-state index contributed by atoms with van der Waals surface area (Å²) in [7, 11) is 0. The molecule has 0 spiro atoms. The number of hydrogen-bond donors (Lipinski definition) is 3. The lowest BCUT2D eigenvalue weighted by Gasteiger charge is -2.24. The number of carboxylic acid groups (broad SMARTS) is 2. The Labute approximate surface area is 116 Å². The van der Waals surface area contributed by atoms with Crippen molar-refractivity contribution in [3.8, 4) is 0 Å². The minimum atomic E-state index is -0.920. The third-order valence-corrected chi connectivity index (χ3v) is 2.72. The van der Waals surface area contributed by atoms with Crippen LogP contribution in [0.3, 0.4) is 0 Å². The minimum Gasteiger partial charge on any atom is -0.495 e. The zero-order valence-corrected chi connectivity index (χ0v) is 11.6. The SMILES string of the molecule is CC1=C(OCCC(=O)O)CC(OCCC(=O)O)=C(C)N1. The van der Waals surface area contributed by atoms with E-state index in [1.807, 2.05) is 13.8 Å². The number of aliphatic carboxylic acids is 2. The smallest absolute Gasteiger partial charge is 0.306 e. The molecule has 0 atom stereocenters. The van der Waals surface area contributed by atoms with E-state index >= 15 is 0 Å². The Kier molecular flexibility index (Phi) is 5.89. The van der Waals surface area contributed by atoms with E-state index in [0.717, 1.165) is 11.4 Å². The summed E-state index contributed by atoms with van der Waals surface area (Å²) in [6.07, 6.45) is 0.243. The lowest BCUT2D eigenvalue weighted by molar-refractivity contribution is -0.138. The summed E-state index contributed by atoms with van der Waals surface area (Å²) >= 11 is 0. The van der Waals surface area contributed by atoms with Gasteiger partial charge < -0.3 is 25.0 Å². The van der Waals surface area contributed by atoms with Gasteiger partial charge in [0.05, 0.1) is 43.9 Å². The van der Waals surface area contributed by atoms with Crippen molar-refractivity contribution in [3.05, 3.63) is 22.9 Å². The fourth-order valence-electron chi connectivity index (χ4n) is 1.67. The topological polar surface area (TPSA) is 105 Å². The molecule has 112 valence electrons. The highest BCUT2D eigenvalue weighted by molar-refractivity contribution is 5.67. The van der Waals surface area contributed by atoms with Crippen LogP contribution in [0.4, 0.5) is 0 Å². The summed E-state index contributed by atoms with van der Waals surface area (Å²) in [6.45, 7) is 3.83. The van der Waals surface area contributed by atoms with Crippen molar-refractivity contribution in [2.45, 2.75) is 33.1 Å². The van der Waals surface area contributed by atoms with Gasteiger partial charge in [-0.3, -0.25) is 9.59 Å². The maximum atomic E-state index is 10.4. The van der Waals surface area contributed by atoms with Crippen molar-refractivity contribution in [1.82, 2.24) is 5.32 Å². The van der Waals surface area contributed by atoms with Crippen LogP contribution in [0, 0.1) is 0 Å². The third-order valence-electron chi connectivity index (χ3n) is 2.72. The van der Waals surface area contributed by atoms with Crippen LogP contribution in [-0.2, 0) is 19.1 Å². The first kappa shape index (κ1) is 15.9. The van der Waals surface area contributed by atoms with Gasteiger partial charge in [-0.25, -0.2) is 0 Å². The van der Waals surface area contributed by atoms with Gasteiger partial charge in [0.1, 0.15) is 11.5 Å². The van der Waals surface area contributed by atoms with E-state index in [1.54, 1.807) is 0 Å². The van der Waals surface area contributed by atoms with Gasteiger partial charge in [-0.05, 0) is 13.8 Å². The molecule has 1 rings (SSSR count). The van der Waals surface area contributed by atoms with Crippen molar-refractivity contribution < 1.29 is 29.3 Å². The van der Waals surface area contributed by atoms with E-state index < -0.39 is 11.9 Å². The number of dihydropyridines is 1. The van der Waals surface area contributed by atoms with Crippen LogP contribution in [0.1, 0.15) is 33.1 Å². The molecule has 0 saturated heterocycles. The number of ether oxygens (including phenoxy) is 2. The standard InChI is InChI=1S/C13H19NO6/c1-8-10(19-5-3-12(15)16)7-11(9(2)14-8)20-6-4-13(17)18/h14H,3-7H2,1-2H3,(H,15,16)(H,17,18). The second-order valence-electron chi connectivity index (χ2n) is 4.38. The molecule has 20 heavy (non-hydrogen) atoms. The van der Waals surface area contributed by atoms with Gasteiger partial charge in [-0.1, -0.05) is 0 Å². The average Bonchev–Trinajstić information content (AvgIpc) is 2.33. The third kappa shape index (κ3) is 5.21. The highest BCUT2D eigenvalue weighted by Crippen LogP contribution is 2.24. The Balaban J connectivity index is 2.51. The molecule has 0 saturated carbocycles. The molecule has 0 fully saturated rings. The highest BCUT2D eigenvalue weighted by Gasteiger charge is 2.18. The molecule has 0 amide bonds. The lowest BCUT2D eigenvalue weighted by Crippen LogP contribution is -2.21. The Morgan fingerprint density at radius 3 is 1.75 bits per heavy atom. The molecular formula is C13H19NO6. The van der Waals surface area contributed by atoms with E-state index in [4.69, 9.17) is 19.7 Å². The van der Waals surface area contributed by atoms with Gasteiger partial charge in [0.2, 0.25) is 0 Å². The van der Waals surface area contributed by atoms with Gasteiger partial charge in [0, 0.05) is 0 Å². The van der Waals surface area contributed by atoms with Crippen molar-refractivity contribution in [2.75, 3.05) is 13.2 Å². The molecule has 0 unspecified atom stereocenters. The molecule has 0 aromatic carbocycles. The van der Waals surface area contributed by atoms with Crippen LogP contribution in [-0.4, -0.2) is 35.4 Å². The molecule has 1 aliphatic rings. The largest absolute Gasteiger partial charge is 0.495 e. The second kappa shape index (κ2) is 7.42. The van der Waals surface area contributed by atoms with Crippen molar-refractivity contribution in [2.24, 2.45) is 0 Å². The second-order valence-corrected chi connectivity index (χ2v) is 4.38. The molecule has 1 aliphatic heterocycles. The molecule has 0 aromatic rings. The fraction of sp³-hybridized carbons (Fsp3) is 0.538. The number of carbonyl (C=O) groups is 2. The van der Waals surface area contributed by atoms with Crippen LogP contribution in [0.25, 0.3) is 0 Å². The summed E-state index contributed by atoms with van der Waals surface area (Å²) in [5.41, 5.74) is 1.61. The fourth-order valence-corrected chi connectivity index (χ4v) is 1.67. The first-order valence-electron chi connectivity index (χ1n) is 6.26. The summed E-state index contributed by atoms with van der Waals surface area (Å²) in [5.74, 6) is -0.613. The maximum absolute atomic E-state index is 10.4. The average molecular weight is 285 g/mol. The Morgan fingerprint density at radius 2 is 1.40 bits per heavy atom. The highest BCUT2D eigenvalue weighted by atomic mass is 16.5. The molecule has 0 aliphatic carbocycles. The Hall–Kier alpha value is -2.18. The van der Waals surface area contributed by atoms with Crippen molar-refractivity contribution in [3.63, 3.8) is 0 Å². The van der Waals surface area contributed by atoms with E-state index in [2.05, 4.69) is 5.32 Å². The normalized spacial score (nSPS) is 14.9. The maximum Gasteiger partial charge on any atom is 0.306 e. The van der Waals surface area contributed by atoms with Gasteiger partial charge in [-0.15, -0.1) is 0 Å². The molecule has 3 N–H and O–H groups in total. The number of carboxylic acids is 2. The van der Waals surface area contributed by atoms with Gasteiger partial charge in [0.25, 0.3) is 0 Å². The molecule has 0 bridgehead atoms. The monoisotopic (exact) mass is 285 g/mol. The molecule has 7 heteroatoms. The predicted molar refractivity (Wildman–Crippen MR) is 69.6 cm³/mol. The number of allylic oxidation sites excluding steroid dienone is 2. The van der Waals surface area contributed by atoms with E-state index in [9.17, 15) is 9.59 Å². The van der Waals surface area contributed by atoms with Crippen LogP contribution in [0.15, 0.2) is 22.9 Å². The lowest BCUT2D eigenvalue weighted by atomic mass is 10.1. The number of rotatable bonds is 8. The Bertz CT molecular complexity index is 412. The molecular weight excluding hydrogens is 266 g/mol.